The lowest BCUT2D eigenvalue weighted by Crippen LogP contribution is -2.57. The van der Waals surface area contributed by atoms with E-state index in [1.807, 2.05) is 62.4 Å². The van der Waals surface area contributed by atoms with Crippen molar-refractivity contribution in [2.75, 3.05) is 65.4 Å². The van der Waals surface area contributed by atoms with Crippen LogP contribution >= 0.6 is 34.5 Å². The van der Waals surface area contributed by atoms with E-state index in [-0.39, 0.29) is 49.6 Å². The van der Waals surface area contributed by atoms with Gasteiger partial charge in [-0.3, -0.25) is 29.1 Å². The number of hydrogen-bond donors (Lipinski definition) is 4. The minimum absolute atomic E-state index is 0.0116. The molecular weight excluding hydrogens is 1030 g/mol. The van der Waals surface area contributed by atoms with Crippen molar-refractivity contribution in [1.82, 2.24) is 35.3 Å². The first-order chi connectivity index (χ1) is 36.5. The number of nitrogens with one attached hydrogen (secondary N) is 3. The van der Waals surface area contributed by atoms with Crippen molar-refractivity contribution >= 4 is 80.4 Å². The van der Waals surface area contributed by atoms with Crippen LogP contribution < -0.4 is 30.2 Å². The molecule has 0 spiro atoms. The number of amides is 4. The monoisotopic (exact) mass is 1100 g/mol. The molecule has 0 aliphatic carbocycles. The molecule has 20 heteroatoms. The van der Waals surface area contributed by atoms with Crippen LogP contribution in [0.4, 0.5) is 11.4 Å². The second kappa shape index (κ2) is 26.7. The zero-order chi connectivity index (χ0) is 54.5. The Morgan fingerprint density at radius 3 is 2.28 bits per heavy atom. The molecule has 2 fully saturated rings. The van der Waals surface area contributed by atoms with Gasteiger partial charge >= 0.3 is 0 Å². The summed E-state index contributed by atoms with van der Waals surface area (Å²) in [7, 11) is 3.07. The molecule has 2 aromatic heterocycles. The Morgan fingerprint density at radius 2 is 1.61 bits per heavy atom. The summed E-state index contributed by atoms with van der Waals surface area (Å²) in [6.07, 6.45) is 6.24. The summed E-state index contributed by atoms with van der Waals surface area (Å²) in [5.41, 5.74) is 5.99. The van der Waals surface area contributed by atoms with Crippen molar-refractivity contribution in [1.29, 1.82) is 5.26 Å². The second-order valence-corrected chi connectivity index (χ2v) is 22.1. The lowest BCUT2D eigenvalue weighted by Gasteiger charge is -2.35. The predicted octanol–water partition coefficient (Wildman–Crippen LogP) is 9.06. The number of nitrogens with zero attached hydrogens (tertiary/aromatic N) is 6. The van der Waals surface area contributed by atoms with Crippen LogP contribution in [0.15, 0.2) is 60.2 Å². The molecule has 5 aromatic rings. The number of benzene rings is 3. The number of thiazole rings is 1. The van der Waals surface area contributed by atoms with Gasteiger partial charge in [-0.15, -0.1) is 11.3 Å². The van der Waals surface area contributed by atoms with Crippen molar-refractivity contribution in [3.05, 3.63) is 87.1 Å². The summed E-state index contributed by atoms with van der Waals surface area (Å²) in [6, 6.07) is 15.2. The van der Waals surface area contributed by atoms with Gasteiger partial charge in [0.05, 0.1) is 75.5 Å². The minimum atomic E-state index is -0.885. The normalized spacial score (nSPS) is 16.3. The van der Waals surface area contributed by atoms with Gasteiger partial charge in [0.25, 0.3) is 0 Å². The molecule has 2 aliphatic rings. The number of aryl methyl sites for hydroxylation is 1. The zero-order valence-corrected chi connectivity index (χ0v) is 46.5. The first-order valence-corrected chi connectivity index (χ1v) is 27.5. The topological polar surface area (TPSA) is 212 Å². The van der Waals surface area contributed by atoms with Gasteiger partial charge in [-0.2, -0.15) is 5.26 Å². The Morgan fingerprint density at radius 1 is 0.895 bits per heavy atom. The fraction of sp³-hybridized carbons (Fsp3) is 0.482. The van der Waals surface area contributed by atoms with Crippen LogP contribution in [0.5, 0.6) is 17.2 Å². The number of aliphatic hydroxyl groups is 1. The number of unbranched alkanes of at least 4 members (excludes halogenated alkanes) is 4. The van der Waals surface area contributed by atoms with Gasteiger partial charge in [-0.1, -0.05) is 87.5 Å². The van der Waals surface area contributed by atoms with E-state index in [4.69, 9.17) is 37.4 Å². The number of hydrogen-bond acceptors (Lipinski definition) is 14. The van der Waals surface area contributed by atoms with E-state index in [1.54, 1.807) is 42.7 Å². The van der Waals surface area contributed by atoms with Gasteiger partial charge in [0.15, 0.2) is 11.5 Å². The summed E-state index contributed by atoms with van der Waals surface area (Å²) in [6.45, 7) is 12.0. The molecule has 0 saturated carbocycles. The van der Waals surface area contributed by atoms with E-state index >= 15 is 0 Å². The zero-order valence-electron chi connectivity index (χ0n) is 44.2. The van der Waals surface area contributed by atoms with E-state index in [2.05, 4.69) is 36.9 Å². The molecule has 76 heavy (non-hydrogen) atoms. The predicted molar refractivity (Wildman–Crippen MR) is 296 cm³/mol. The average Bonchev–Trinajstić information content (AvgIpc) is 4.03. The highest BCUT2D eigenvalue weighted by Gasteiger charge is 2.44. The molecule has 4 heterocycles. The Balaban J connectivity index is 0.775. The van der Waals surface area contributed by atoms with Crippen LogP contribution in [-0.2, 0) is 25.7 Å². The van der Waals surface area contributed by atoms with Gasteiger partial charge in [0, 0.05) is 88.8 Å². The maximum absolute atomic E-state index is 14.1. The number of aliphatic hydroxyl groups excluding tert-OH is 1. The number of pyridine rings is 1. The highest BCUT2D eigenvalue weighted by molar-refractivity contribution is 7.13. The van der Waals surface area contributed by atoms with E-state index in [0.717, 1.165) is 73.4 Å². The minimum Gasteiger partial charge on any atom is -0.495 e. The Kier molecular flexibility index (Phi) is 20.2. The first kappa shape index (κ1) is 57.5. The number of likely N-dealkylation sites (tertiary alicyclic amines) is 1. The highest BCUT2D eigenvalue weighted by atomic mass is 35.5. The fourth-order valence-electron chi connectivity index (χ4n) is 9.56. The molecule has 17 nitrogen and oxygen atoms in total. The van der Waals surface area contributed by atoms with Crippen molar-refractivity contribution in [3.63, 3.8) is 0 Å². The number of piperazine rings is 1. The summed E-state index contributed by atoms with van der Waals surface area (Å²) in [5.74, 6) is 0.626. The molecule has 3 aromatic carbocycles. The number of fused-ring (bicyclic) bond motifs is 1. The molecule has 4 N–H and O–H groups in total. The standard InChI is InChI=1S/C56H69Cl2N9O8S/c1-35-52(76-34-62-35)37-17-15-36(16-18-37)31-61-54(71)45-25-39(68)33-67(45)55(72)53(56(2,3)4)64-49(69)13-10-8-7-9-11-14-50(70)66-22-20-65(21-23-66)19-12-24-75-48-28-43-40(26-47(48)74-6)51(38(30-59)32-60-43)63-44-29-46(73-5)42(58)27-41(44)57/h15-18,26-29,32,34,39,45,53,68H,7-14,19-25,31,33H2,1-6H3,(H,60,63)(H,61,71)(H,64,69)/t39?,45?,53-/m1/s1. The Bertz CT molecular complexity index is 2880. The van der Waals surface area contributed by atoms with Gasteiger partial charge in [0.1, 0.15) is 23.9 Å². The number of carbonyl (C=O) groups excluding carboxylic acids is 4. The number of aromatic nitrogens is 2. The van der Waals surface area contributed by atoms with Gasteiger partial charge < -0.3 is 45.1 Å². The van der Waals surface area contributed by atoms with Crippen molar-refractivity contribution < 1.29 is 38.5 Å². The highest BCUT2D eigenvalue weighted by Crippen LogP contribution is 2.41. The molecule has 2 unspecified atom stereocenters. The molecule has 0 bridgehead atoms. The smallest absolute Gasteiger partial charge is 0.246 e. The van der Waals surface area contributed by atoms with E-state index in [9.17, 15) is 29.5 Å². The summed E-state index contributed by atoms with van der Waals surface area (Å²) < 4.78 is 17.3. The summed E-state index contributed by atoms with van der Waals surface area (Å²) in [4.78, 5) is 69.5. The maximum Gasteiger partial charge on any atom is 0.246 e. The molecule has 2 aliphatic heterocycles. The van der Waals surface area contributed by atoms with E-state index in [0.29, 0.717) is 87.7 Å². The third-order valence-electron chi connectivity index (χ3n) is 13.9. The van der Waals surface area contributed by atoms with Crippen LogP contribution in [0.25, 0.3) is 21.3 Å². The van der Waals surface area contributed by atoms with E-state index in [1.165, 1.54) is 18.2 Å². The van der Waals surface area contributed by atoms with Crippen LogP contribution in [-0.4, -0.2) is 132 Å². The van der Waals surface area contributed by atoms with Crippen LogP contribution in [0, 0.1) is 23.7 Å². The fourth-order valence-corrected chi connectivity index (χ4v) is 10.9. The van der Waals surface area contributed by atoms with Crippen LogP contribution in [0.1, 0.15) is 95.4 Å². The number of nitriles is 1. The van der Waals surface area contributed by atoms with Crippen molar-refractivity contribution in [2.45, 2.75) is 110 Å². The van der Waals surface area contributed by atoms with Gasteiger partial charge in [-0.25, -0.2) is 4.98 Å². The number of rotatable bonds is 23. The largest absolute Gasteiger partial charge is 0.495 e. The number of methoxy groups -OCH3 is 2. The molecule has 7 rings (SSSR count). The third kappa shape index (κ3) is 14.8. The number of ether oxygens (including phenoxy) is 3. The summed E-state index contributed by atoms with van der Waals surface area (Å²) >= 11 is 14.3. The molecule has 0 radical (unpaired) electrons. The molecule has 406 valence electrons. The number of carbonyl (C=O) groups is 4. The SMILES string of the molecule is COc1cc(Nc2c(C#N)cnc3cc(OCCCN4CCN(C(=O)CCCCCCCC(=O)N[C@H](C(=O)N5CC(O)CC5C(=O)NCc5ccc(-c6scnc6C)cc5)C(C)(C)C)CC4)c(OC)cc23)c(Cl)cc1Cl. The van der Waals surface area contributed by atoms with E-state index < -0.39 is 23.6 Å². The number of halogens is 2. The summed E-state index contributed by atoms with van der Waals surface area (Å²) in [5, 5.41) is 31.1. The molecule has 2 saturated heterocycles. The Labute approximate surface area is 459 Å². The number of anilines is 2. The van der Waals surface area contributed by atoms with Crippen LogP contribution in [0.3, 0.4) is 0 Å². The third-order valence-corrected chi connectivity index (χ3v) is 15.5. The first-order valence-electron chi connectivity index (χ1n) is 25.9. The molecular formula is C56H69Cl2N9O8S. The number of β-amino-alcohol motifs (C(OH)–C–C–N with tert-alkyl or cyclic N) is 1. The van der Waals surface area contributed by atoms with Crippen molar-refractivity contribution in [3.8, 4) is 33.8 Å². The lowest BCUT2D eigenvalue weighted by molar-refractivity contribution is -0.144. The second-order valence-electron chi connectivity index (χ2n) is 20.4. The Hall–Kier alpha value is -6.23. The van der Waals surface area contributed by atoms with Gasteiger partial charge in [-0.05, 0) is 54.9 Å². The van der Waals surface area contributed by atoms with Gasteiger partial charge in [0.2, 0.25) is 23.6 Å². The lowest BCUT2D eigenvalue weighted by atomic mass is 9.85. The molecule has 4 amide bonds. The van der Waals surface area contributed by atoms with Crippen molar-refractivity contribution in [2.24, 2.45) is 5.41 Å². The van der Waals surface area contributed by atoms with Crippen LogP contribution in [0.2, 0.25) is 10.0 Å². The molecule has 3 atom stereocenters. The maximum atomic E-state index is 14.1. The quantitative estimate of drug-likeness (QED) is 0.0451. The average molecular weight is 1100 g/mol.